The van der Waals surface area contributed by atoms with Gasteiger partial charge in [-0.2, -0.15) is 0 Å². The van der Waals surface area contributed by atoms with Crippen LogP contribution in [-0.2, 0) is 0 Å². The van der Waals surface area contributed by atoms with Crippen LogP contribution in [0.4, 0.5) is 0 Å². The first-order valence-electron chi connectivity index (χ1n) is 6.94. The summed E-state index contributed by atoms with van der Waals surface area (Å²) in [6, 6.07) is 7.15. The van der Waals surface area contributed by atoms with Crippen LogP contribution in [0.15, 0.2) is 36.4 Å². The van der Waals surface area contributed by atoms with E-state index in [1.165, 1.54) is 18.2 Å². The molecule has 0 spiro atoms. The van der Waals surface area contributed by atoms with E-state index in [0.717, 1.165) is 18.2 Å². The predicted octanol–water partition coefficient (Wildman–Crippen LogP) is 1.88. The van der Waals surface area contributed by atoms with Gasteiger partial charge in [0.2, 0.25) is 0 Å². The van der Waals surface area contributed by atoms with Gasteiger partial charge in [-0.3, -0.25) is 0 Å². The highest BCUT2D eigenvalue weighted by atomic mass is 16.4. The standard InChI is InChI=1S/C18H10O8/c19-15(20)11-7-5-9(8-13(11)17(23)24)4-6-10-2-1-3-12(16(21)22)14(10)18(25)26/h1-3,5,7-8H,(H,19,20)(H,21,22)(H,23,24)(H,25,26). The Balaban J connectivity index is 2.57. The van der Waals surface area contributed by atoms with Crippen molar-refractivity contribution in [3.63, 3.8) is 0 Å². The van der Waals surface area contributed by atoms with Gasteiger partial charge in [-0.25, -0.2) is 19.2 Å². The lowest BCUT2D eigenvalue weighted by atomic mass is 10.00. The first-order chi connectivity index (χ1) is 12.2. The molecule has 0 saturated carbocycles. The van der Waals surface area contributed by atoms with Crippen molar-refractivity contribution in [3.05, 3.63) is 69.8 Å². The Bertz CT molecular complexity index is 1010. The largest absolute Gasteiger partial charge is 0.478 e. The predicted molar refractivity (Wildman–Crippen MR) is 86.7 cm³/mol. The van der Waals surface area contributed by atoms with Gasteiger partial charge >= 0.3 is 23.9 Å². The van der Waals surface area contributed by atoms with E-state index in [0.29, 0.717) is 0 Å². The Kier molecular flexibility index (Phi) is 5.04. The fourth-order valence-electron chi connectivity index (χ4n) is 2.19. The maximum atomic E-state index is 11.3. The zero-order valence-electron chi connectivity index (χ0n) is 12.9. The smallest absolute Gasteiger partial charge is 0.337 e. The third-order valence-electron chi connectivity index (χ3n) is 3.33. The number of benzene rings is 2. The maximum absolute atomic E-state index is 11.3. The average Bonchev–Trinajstić information content (AvgIpc) is 2.58. The second kappa shape index (κ2) is 7.19. The monoisotopic (exact) mass is 354 g/mol. The SMILES string of the molecule is O=C(O)c1ccc(C#Cc2cccc(C(=O)O)c2C(=O)O)cc1C(=O)O. The lowest BCUT2D eigenvalue weighted by Crippen LogP contribution is -2.10. The molecule has 0 fully saturated rings. The molecule has 0 unspecified atom stereocenters. The van der Waals surface area contributed by atoms with Crippen molar-refractivity contribution >= 4 is 23.9 Å². The fourth-order valence-corrected chi connectivity index (χ4v) is 2.19. The summed E-state index contributed by atoms with van der Waals surface area (Å²) >= 11 is 0. The Morgan fingerprint density at radius 3 is 1.81 bits per heavy atom. The van der Waals surface area contributed by atoms with Crippen LogP contribution >= 0.6 is 0 Å². The van der Waals surface area contributed by atoms with Gasteiger partial charge in [0.05, 0.1) is 22.3 Å². The summed E-state index contributed by atoms with van der Waals surface area (Å²) in [7, 11) is 0. The van der Waals surface area contributed by atoms with Crippen molar-refractivity contribution in [2.24, 2.45) is 0 Å². The molecule has 4 N–H and O–H groups in total. The van der Waals surface area contributed by atoms with E-state index >= 15 is 0 Å². The number of aromatic carboxylic acids is 4. The van der Waals surface area contributed by atoms with E-state index in [4.69, 9.17) is 15.3 Å². The molecule has 26 heavy (non-hydrogen) atoms. The quantitative estimate of drug-likeness (QED) is 0.608. The summed E-state index contributed by atoms with van der Waals surface area (Å²) in [6.07, 6.45) is 0. The van der Waals surface area contributed by atoms with Gasteiger partial charge in [0.1, 0.15) is 0 Å². The zero-order chi connectivity index (χ0) is 19.4. The molecule has 2 aromatic carbocycles. The number of carbonyl (C=O) groups is 4. The molecule has 2 rings (SSSR count). The molecule has 0 amide bonds. The van der Waals surface area contributed by atoms with Gasteiger partial charge in [0.15, 0.2) is 0 Å². The Hall–Kier alpha value is -4.12. The minimum absolute atomic E-state index is 0.0726. The Morgan fingerprint density at radius 2 is 1.27 bits per heavy atom. The van der Waals surface area contributed by atoms with Crippen LogP contribution < -0.4 is 0 Å². The van der Waals surface area contributed by atoms with Crippen LogP contribution in [0.25, 0.3) is 0 Å². The molecule has 0 atom stereocenters. The summed E-state index contributed by atoms with van der Waals surface area (Å²) in [4.78, 5) is 44.7. The highest BCUT2D eigenvalue weighted by molar-refractivity contribution is 6.04. The van der Waals surface area contributed by atoms with Crippen LogP contribution in [0, 0.1) is 11.8 Å². The number of hydrogen-bond acceptors (Lipinski definition) is 4. The van der Waals surface area contributed by atoms with Gasteiger partial charge in [-0.15, -0.1) is 0 Å². The first kappa shape index (κ1) is 18.2. The van der Waals surface area contributed by atoms with Crippen LogP contribution in [-0.4, -0.2) is 44.3 Å². The third kappa shape index (κ3) is 3.68. The summed E-state index contributed by atoms with van der Waals surface area (Å²) in [5.74, 6) is -0.757. The maximum Gasteiger partial charge on any atom is 0.337 e. The van der Waals surface area contributed by atoms with E-state index in [9.17, 15) is 24.3 Å². The molecular formula is C18H10O8. The van der Waals surface area contributed by atoms with Crippen molar-refractivity contribution in [2.75, 3.05) is 0 Å². The summed E-state index contributed by atoms with van der Waals surface area (Å²) in [5.41, 5.74) is -1.75. The van der Waals surface area contributed by atoms with E-state index in [2.05, 4.69) is 11.8 Å². The molecule has 8 heteroatoms. The van der Waals surface area contributed by atoms with Crippen LogP contribution in [0.5, 0.6) is 0 Å². The molecule has 0 saturated heterocycles. The minimum Gasteiger partial charge on any atom is -0.478 e. The summed E-state index contributed by atoms with van der Waals surface area (Å²) in [6.45, 7) is 0. The molecular weight excluding hydrogens is 344 g/mol. The molecule has 0 bridgehead atoms. The molecule has 0 aliphatic rings. The lowest BCUT2D eigenvalue weighted by molar-refractivity contribution is 0.0651. The second-order valence-electron chi connectivity index (χ2n) is 4.96. The van der Waals surface area contributed by atoms with Crippen LogP contribution in [0.3, 0.4) is 0 Å². The zero-order valence-corrected chi connectivity index (χ0v) is 12.9. The summed E-state index contributed by atoms with van der Waals surface area (Å²) in [5, 5.41) is 36.4. The van der Waals surface area contributed by atoms with Gasteiger partial charge in [-0.05, 0) is 30.3 Å². The van der Waals surface area contributed by atoms with Crippen molar-refractivity contribution in [2.45, 2.75) is 0 Å². The number of rotatable bonds is 4. The summed E-state index contributed by atoms with van der Waals surface area (Å²) < 4.78 is 0. The topological polar surface area (TPSA) is 149 Å². The molecule has 130 valence electrons. The lowest BCUT2D eigenvalue weighted by Gasteiger charge is -2.04. The Morgan fingerprint density at radius 1 is 0.654 bits per heavy atom. The number of carboxylic acids is 4. The highest BCUT2D eigenvalue weighted by Gasteiger charge is 2.19. The van der Waals surface area contributed by atoms with E-state index in [1.807, 2.05) is 0 Å². The number of hydrogen-bond donors (Lipinski definition) is 4. The second-order valence-corrected chi connectivity index (χ2v) is 4.96. The van der Waals surface area contributed by atoms with Crippen molar-refractivity contribution in [1.29, 1.82) is 0 Å². The molecule has 0 aromatic heterocycles. The minimum atomic E-state index is -1.47. The average molecular weight is 354 g/mol. The Labute approximate surface area is 146 Å². The molecule has 8 nitrogen and oxygen atoms in total. The molecule has 0 aliphatic carbocycles. The van der Waals surface area contributed by atoms with Crippen LogP contribution in [0.1, 0.15) is 52.6 Å². The first-order valence-corrected chi connectivity index (χ1v) is 6.94. The van der Waals surface area contributed by atoms with E-state index in [-0.39, 0.29) is 11.1 Å². The van der Waals surface area contributed by atoms with Crippen molar-refractivity contribution < 1.29 is 39.6 Å². The molecule has 2 aromatic rings. The molecule has 0 aliphatic heterocycles. The van der Waals surface area contributed by atoms with E-state index < -0.39 is 46.1 Å². The van der Waals surface area contributed by atoms with Gasteiger partial charge in [-0.1, -0.05) is 17.9 Å². The molecule has 0 radical (unpaired) electrons. The van der Waals surface area contributed by atoms with Gasteiger partial charge in [0, 0.05) is 11.1 Å². The normalized spacial score (nSPS) is 9.69. The third-order valence-corrected chi connectivity index (χ3v) is 3.33. The highest BCUT2D eigenvalue weighted by Crippen LogP contribution is 2.16. The van der Waals surface area contributed by atoms with Crippen LogP contribution in [0.2, 0.25) is 0 Å². The van der Waals surface area contributed by atoms with Gasteiger partial charge < -0.3 is 20.4 Å². The fraction of sp³-hybridized carbons (Fsp3) is 0. The van der Waals surface area contributed by atoms with Crippen molar-refractivity contribution in [3.8, 4) is 11.8 Å². The number of carboxylic acid groups (broad SMARTS) is 4. The van der Waals surface area contributed by atoms with Gasteiger partial charge in [0.25, 0.3) is 0 Å². The van der Waals surface area contributed by atoms with Crippen molar-refractivity contribution in [1.82, 2.24) is 0 Å². The van der Waals surface area contributed by atoms with E-state index in [1.54, 1.807) is 0 Å². The molecule has 0 heterocycles.